The van der Waals surface area contributed by atoms with Crippen molar-refractivity contribution in [1.29, 1.82) is 0 Å². The van der Waals surface area contributed by atoms with Gasteiger partial charge in [0.05, 0.1) is 22.3 Å². The number of carbonyl (C=O) groups is 1. The number of furan rings is 1. The van der Waals surface area contributed by atoms with Crippen LogP contribution in [0.2, 0.25) is 0 Å². The zero-order valence-electron chi connectivity index (χ0n) is 16.5. The van der Waals surface area contributed by atoms with E-state index in [4.69, 9.17) is 8.94 Å². The quantitative estimate of drug-likeness (QED) is 0.693. The van der Waals surface area contributed by atoms with Gasteiger partial charge in [-0.05, 0) is 51.8 Å². The zero-order chi connectivity index (χ0) is 19.1. The third-order valence-corrected chi connectivity index (χ3v) is 5.32. The van der Waals surface area contributed by atoms with Crippen molar-refractivity contribution in [3.05, 3.63) is 34.9 Å². The Bertz CT molecular complexity index is 1010. The van der Waals surface area contributed by atoms with Crippen molar-refractivity contribution in [1.82, 2.24) is 20.8 Å². The smallest absolute Gasteiger partial charge is 0.259 e. The fraction of sp³-hybridized carbons (Fsp3) is 0.450. The molecule has 1 aliphatic heterocycles. The van der Waals surface area contributed by atoms with Crippen LogP contribution in [-0.4, -0.2) is 35.2 Å². The molecular formula is C20H25ClN4O3. The van der Waals surface area contributed by atoms with Gasteiger partial charge in [0, 0.05) is 18.2 Å². The Kier molecular flexibility index (Phi) is 5.76. The maximum atomic E-state index is 13.1. The van der Waals surface area contributed by atoms with Crippen LogP contribution in [0.5, 0.6) is 0 Å². The predicted molar refractivity (Wildman–Crippen MR) is 109 cm³/mol. The number of amides is 1. The summed E-state index contributed by atoms with van der Waals surface area (Å²) in [5, 5.41) is 11.2. The molecule has 3 aromatic rings. The first kappa shape index (κ1) is 20.4. The fourth-order valence-electron chi connectivity index (χ4n) is 3.73. The predicted octanol–water partition coefficient (Wildman–Crippen LogP) is 3.56. The van der Waals surface area contributed by atoms with Crippen LogP contribution in [0, 0.1) is 26.7 Å². The molecule has 1 amide bonds. The number of hydrogen-bond donors (Lipinski definition) is 2. The van der Waals surface area contributed by atoms with Gasteiger partial charge in [0.25, 0.3) is 11.6 Å². The Morgan fingerprint density at radius 2 is 2.07 bits per heavy atom. The maximum Gasteiger partial charge on any atom is 0.259 e. The van der Waals surface area contributed by atoms with Gasteiger partial charge in [-0.1, -0.05) is 12.1 Å². The van der Waals surface area contributed by atoms with E-state index in [1.807, 2.05) is 26.8 Å². The average Bonchev–Trinajstić information content (AvgIpc) is 3.18. The molecule has 2 atom stereocenters. The van der Waals surface area contributed by atoms with Gasteiger partial charge in [-0.25, -0.2) is 4.98 Å². The first-order valence-electron chi connectivity index (χ1n) is 9.30. The van der Waals surface area contributed by atoms with Crippen LogP contribution in [0.3, 0.4) is 0 Å². The molecule has 7 nitrogen and oxygen atoms in total. The summed E-state index contributed by atoms with van der Waals surface area (Å²) in [4.78, 5) is 17.7. The third kappa shape index (κ3) is 3.64. The third-order valence-electron chi connectivity index (χ3n) is 5.32. The second-order valence-electron chi connectivity index (χ2n) is 7.38. The number of nitrogens with zero attached hydrogens (tertiary/aromatic N) is 2. The first-order valence-corrected chi connectivity index (χ1v) is 9.30. The molecular weight excluding hydrogens is 380 g/mol. The van der Waals surface area contributed by atoms with Crippen LogP contribution in [0.4, 0.5) is 0 Å². The Morgan fingerprint density at radius 1 is 1.29 bits per heavy atom. The van der Waals surface area contributed by atoms with Crippen molar-refractivity contribution >= 4 is 29.4 Å². The van der Waals surface area contributed by atoms with E-state index in [2.05, 4.69) is 27.7 Å². The SMILES string of the molecule is Cc1cc(-c2cc(C(=O)NC3CNCCC3C)c3c(C)noc3n2)c(C)o1.Cl. The molecule has 28 heavy (non-hydrogen) atoms. The number of carbonyl (C=O) groups excluding carboxylic acids is 1. The standard InChI is InChI=1S/C20H24N4O3.ClH/c1-10-5-6-21-9-17(10)22-19(25)15-8-16(14-7-11(2)26-13(14)4)23-20-18(15)12(3)24-27-20;/h7-8,10,17,21H,5-6,9H2,1-4H3,(H,22,25);1H. The number of aromatic nitrogens is 2. The summed E-state index contributed by atoms with van der Waals surface area (Å²) in [6, 6.07) is 3.82. The normalized spacial score (nSPS) is 19.4. The van der Waals surface area contributed by atoms with Crippen LogP contribution in [0.25, 0.3) is 22.4 Å². The largest absolute Gasteiger partial charge is 0.466 e. The van der Waals surface area contributed by atoms with Gasteiger partial charge in [0.1, 0.15) is 11.5 Å². The number of hydrogen-bond acceptors (Lipinski definition) is 6. The molecule has 2 unspecified atom stereocenters. The van der Waals surface area contributed by atoms with Crippen LogP contribution in [0.15, 0.2) is 21.1 Å². The van der Waals surface area contributed by atoms with E-state index >= 15 is 0 Å². The molecule has 0 bridgehead atoms. The second-order valence-corrected chi connectivity index (χ2v) is 7.38. The molecule has 150 valence electrons. The maximum absolute atomic E-state index is 13.1. The Morgan fingerprint density at radius 3 is 2.75 bits per heavy atom. The molecule has 0 aromatic carbocycles. The number of piperidine rings is 1. The van der Waals surface area contributed by atoms with E-state index in [1.54, 1.807) is 6.07 Å². The zero-order valence-corrected chi connectivity index (χ0v) is 17.3. The van der Waals surface area contributed by atoms with Crippen molar-refractivity contribution in [2.75, 3.05) is 13.1 Å². The molecule has 0 spiro atoms. The van der Waals surface area contributed by atoms with Gasteiger partial charge in [-0.3, -0.25) is 4.79 Å². The van der Waals surface area contributed by atoms with E-state index in [0.29, 0.717) is 34.0 Å². The number of pyridine rings is 1. The van der Waals surface area contributed by atoms with Crippen molar-refractivity contribution in [3.63, 3.8) is 0 Å². The molecule has 3 aromatic heterocycles. The van der Waals surface area contributed by atoms with E-state index in [-0.39, 0.29) is 24.4 Å². The topological polar surface area (TPSA) is 93.2 Å². The van der Waals surface area contributed by atoms with Crippen molar-refractivity contribution in [3.8, 4) is 11.3 Å². The fourth-order valence-corrected chi connectivity index (χ4v) is 3.73. The van der Waals surface area contributed by atoms with E-state index < -0.39 is 0 Å². The van der Waals surface area contributed by atoms with E-state index in [9.17, 15) is 4.79 Å². The molecule has 4 heterocycles. The van der Waals surface area contributed by atoms with Crippen molar-refractivity contribution < 1.29 is 13.7 Å². The lowest BCUT2D eigenvalue weighted by Gasteiger charge is -2.30. The summed E-state index contributed by atoms with van der Waals surface area (Å²) in [6.07, 6.45) is 1.04. The number of fused-ring (bicyclic) bond motifs is 1. The van der Waals surface area contributed by atoms with Crippen molar-refractivity contribution in [2.45, 2.75) is 40.2 Å². The van der Waals surface area contributed by atoms with E-state index in [1.165, 1.54) is 0 Å². The van der Waals surface area contributed by atoms with Gasteiger partial charge >= 0.3 is 0 Å². The van der Waals surface area contributed by atoms with Crippen LogP contribution < -0.4 is 10.6 Å². The van der Waals surface area contributed by atoms with Gasteiger partial charge in [0.15, 0.2) is 0 Å². The molecule has 1 saturated heterocycles. The summed E-state index contributed by atoms with van der Waals surface area (Å²) in [5.41, 5.74) is 3.05. The van der Waals surface area contributed by atoms with Crippen LogP contribution in [0.1, 0.15) is 40.9 Å². The van der Waals surface area contributed by atoms with Gasteiger partial charge < -0.3 is 19.6 Å². The van der Waals surface area contributed by atoms with Crippen LogP contribution >= 0.6 is 12.4 Å². The highest BCUT2D eigenvalue weighted by Crippen LogP contribution is 2.30. The lowest BCUT2D eigenvalue weighted by atomic mass is 9.94. The molecule has 2 N–H and O–H groups in total. The minimum absolute atomic E-state index is 0. The lowest BCUT2D eigenvalue weighted by molar-refractivity contribution is 0.0917. The molecule has 1 fully saturated rings. The summed E-state index contributed by atoms with van der Waals surface area (Å²) < 4.78 is 11.0. The highest BCUT2D eigenvalue weighted by atomic mass is 35.5. The summed E-state index contributed by atoms with van der Waals surface area (Å²) >= 11 is 0. The van der Waals surface area contributed by atoms with Crippen LogP contribution in [-0.2, 0) is 0 Å². The lowest BCUT2D eigenvalue weighted by Crippen LogP contribution is -2.50. The number of rotatable bonds is 3. The highest BCUT2D eigenvalue weighted by molar-refractivity contribution is 6.07. The molecule has 0 radical (unpaired) electrons. The van der Waals surface area contributed by atoms with Gasteiger partial charge in [-0.2, -0.15) is 0 Å². The number of aryl methyl sites for hydroxylation is 3. The van der Waals surface area contributed by atoms with Crippen molar-refractivity contribution in [2.24, 2.45) is 5.92 Å². The molecule has 4 rings (SSSR count). The summed E-state index contributed by atoms with van der Waals surface area (Å²) in [6.45, 7) is 9.52. The van der Waals surface area contributed by atoms with E-state index in [0.717, 1.165) is 36.6 Å². The summed E-state index contributed by atoms with van der Waals surface area (Å²) in [7, 11) is 0. The first-order chi connectivity index (χ1) is 12.9. The van der Waals surface area contributed by atoms with Gasteiger partial charge in [0.2, 0.25) is 0 Å². The minimum atomic E-state index is -0.131. The van der Waals surface area contributed by atoms with Gasteiger partial charge in [-0.15, -0.1) is 12.4 Å². The average molecular weight is 405 g/mol. The number of nitrogens with one attached hydrogen (secondary N) is 2. The summed E-state index contributed by atoms with van der Waals surface area (Å²) in [5.74, 6) is 1.85. The molecule has 8 heteroatoms. The Labute approximate surface area is 169 Å². The Hall–Kier alpha value is -2.38. The molecule has 0 aliphatic carbocycles. The second kappa shape index (κ2) is 7.93. The molecule has 1 aliphatic rings. The molecule has 0 saturated carbocycles. The Balaban J connectivity index is 0.00000225. The monoisotopic (exact) mass is 404 g/mol. The minimum Gasteiger partial charge on any atom is -0.466 e. The number of halogens is 1. The highest BCUT2D eigenvalue weighted by Gasteiger charge is 2.26.